The van der Waals surface area contributed by atoms with Crippen LogP contribution in [0.3, 0.4) is 0 Å². The number of piperidine rings is 1. The zero-order valence-corrected chi connectivity index (χ0v) is 13.8. The fourth-order valence-electron chi connectivity index (χ4n) is 3.59. The predicted molar refractivity (Wildman–Crippen MR) is 85.2 cm³/mol. The number of amides is 1. The van der Waals surface area contributed by atoms with Crippen molar-refractivity contribution in [1.29, 1.82) is 5.26 Å². The van der Waals surface area contributed by atoms with Gasteiger partial charge in [-0.15, -0.1) is 0 Å². The van der Waals surface area contributed by atoms with Crippen molar-refractivity contribution in [2.24, 2.45) is 11.3 Å². The maximum atomic E-state index is 12.4. The molecule has 124 valence electrons. The van der Waals surface area contributed by atoms with Crippen molar-refractivity contribution in [3.63, 3.8) is 0 Å². The molecular weight excluding hydrogens is 278 g/mol. The molecule has 0 aromatic carbocycles. The summed E-state index contributed by atoms with van der Waals surface area (Å²) in [4.78, 5) is 14.9. The van der Waals surface area contributed by atoms with Gasteiger partial charge in [-0.05, 0) is 44.7 Å². The third kappa shape index (κ3) is 4.44. The van der Waals surface area contributed by atoms with E-state index in [0.29, 0.717) is 5.92 Å². The topological polar surface area (TPSA) is 65.4 Å². The average molecular weight is 307 g/mol. The van der Waals surface area contributed by atoms with Gasteiger partial charge in [0.05, 0.1) is 12.7 Å². The van der Waals surface area contributed by atoms with Crippen molar-refractivity contribution in [2.75, 3.05) is 39.9 Å². The summed E-state index contributed by atoms with van der Waals surface area (Å²) in [6, 6.07) is 2.30. The lowest BCUT2D eigenvalue weighted by molar-refractivity contribution is -0.129. The second-order valence-electron chi connectivity index (χ2n) is 6.74. The van der Waals surface area contributed by atoms with Gasteiger partial charge in [-0.1, -0.05) is 19.3 Å². The van der Waals surface area contributed by atoms with E-state index in [1.807, 2.05) is 0 Å². The number of nitrogens with zero attached hydrogens (tertiary/aromatic N) is 2. The zero-order valence-electron chi connectivity index (χ0n) is 13.8. The molecule has 1 heterocycles. The number of nitriles is 1. The molecule has 22 heavy (non-hydrogen) atoms. The highest BCUT2D eigenvalue weighted by molar-refractivity contribution is 5.85. The van der Waals surface area contributed by atoms with Crippen LogP contribution in [0.4, 0.5) is 0 Å². The summed E-state index contributed by atoms with van der Waals surface area (Å²) in [5, 5.41) is 12.5. The summed E-state index contributed by atoms with van der Waals surface area (Å²) in [5.41, 5.74) is -0.753. The van der Waals surface area contributed by atoms with Crippen molar-refractivity contribution in [3.05, 3.63) is 0 Å². The van der Waals surface area contributed by atoms with Gasteiger partial charge in [-0.3, -0.25) is 4.79 Å². The first kappa shape index (κ1) is 17.2. The molecule has 1 amide bonds. The van der Waals surface area contributed by atoms with Crippen LogP contribution < -0.4 is 5.32 Å². The van der Waals surface area contributed by atoms with Crippen LogP contribution in [0.5, 0.6) is 0 Å². The minimum absolute atomic E-state index is 0.0310. The second-order valence-corrected chi connectivity index (χ2v) is 6.74. The maximum Gasteiger partial charge on any atom is 0.240 e. The van der Waals surface area contributed by atoms with Gasteiger partial charge in [-0.2, -0.15) is 5.26 Å². The van der Waals surface area contributed by atoms with Gasteiger partial charge in [0.15, 0.2) is 0 Å². The molecule has 2 rings (SSSR count). The Morgan fingerprint density at radius 2 is 2.00 bits per heavy atom. The van der Waals surface area contributed by atoms with Gasteiger partial charge in [0, 0.05) is 20.2 Å². The zero-order chi connectivity index (χ0) is 15.8. The molecule has 0 unspecified atom stereocenters. The third-order valence-electron chi connectivity index (χ3n) is 5.23. The number of nitrogens with one attached hydrogen (secondary N) is 1. The Morgan fingerprint density at radius 3 is 2.59 bits per heavy atom. The molecule has 0 aromatic heterocycles. The van der Waals surface area contributed by atoms with Gasteiger partial charge < -0.3 is 15.0 Å². The molecule has 2 aliphatic rings. The van der Waals surface area contributed by atoms with Gasteiger partial charge in [0.1, 0.15) is 5.41 Å². The van der Waals surface area contributed by atoms with Crippen LogP contribution >= 0.6 is 0 Å². The van der Waals surface area contributed by atoms with E-state index in [9.17, 15) is 10.1 Å². The van der Waals surface area contributed by atoms with E-state index >= 15 is 0 Å². The second kappa shape index (κ2) is 8.50. The van der Waals surface area contributed by atoms with Crippen molar-refractivity contribution in [1.82, 2.24) is 10.2 Å². The lowest BCUT2D eigenvalue weighted by atomic mass is 9.74. The molecule has 0 aromatic rings. The molecule has 1 N–H and O–H groups in total. The number of hydrogen-bond donors (Lipinski definition) is 1. The smallest absolute Gasteiger partial charge is 0.240 e. The van der Waals surface area contributed by atoms with Crippen molar-refractivity contribution in [2.45, 2.75) is 44.9 Å². The first-order valence-electron chi connectivity index (χ1n) is 8.61. The molecule has 0 radical (unpaired) electrons. The number of methoxy groups -OCH3 is 1. The number of likely N-dealkylation sites (tertiary alicyclic amines) is 1. The Balaban J connectivity index is 1.72. The van der Waals surface area contributed by atoms with E-state index in [4.69, 9.17) is 4.74 Å². The van der Waals surface area contributed by atoms with Crippen LogP contribution in [-0.2, 0) is 9.53 Å². The first-order valence-corrected chi connectivity index (χ1v) is 8.61. The first-order chi connectivity index (χ1) is 10.7. The molecule has 1 aliphatic heterocycles. The minimum Gasteiger partial charge on any atom is -0.383 e. The fourth-order valence-corrected chi connectivity index (χ4v) is 3.59. The molecule has 1 saturated carbocycles. The van der Waals surface area contributed by atoms with E-state index < -0.39 is 5.41 Å². The van der Waals surface area contributed by atoms with Crippen molar-refractivity contribution >= 4 is 5.91 Å². The Morgan fingerprint density at radius 1 is 1.32 bits per heavy atom. The SMILES string of the molecule is COCCN1CCC(CNC(=O)C2(C#N)CCCCC2)CC1. The molecule has 2 fully saturated rings. The van der Waals surface area contributed by atoms with E-state index in [0.717, 1.165) is 77.7 Å². The van der Waals surface area contributed by atoms with E-state index in [1.165, 1.54) is 0 Å². The predicted octanol–water partition coefficient (Wildman–Crippen LogP) is 1.94. The number of rotatable bonds is 6. The molecule has 5 nitrogen and oxygen atoms in total. The standard InChI is InChI=1S/C17H29N3O2/c1-22-12-11-20-9-5-15(6-10-20)13-19-16(21)17(14-18)7-3-2-4-8-17/h15H,2-13H2,1H3,(H,19,21). The van der Waals surface area contributed by atoms with Gasteiger partial charge in [0.25, 0.3) is 0 Å². The highest BCUT2D eigenvalue weighted by Gasteiger charge is 2.39. The van der Waals surface area contributed by atoms with Crippen LogP contribution in [0.2, 0.25) is 0 Å². The highest BCUT2D eigenvalue weighted by atomic mass is 16.5. The quantitative estimate of drug-likeness (QED) is 0.814. The molecule has 1 aliphatic carbocycles. The number of carbonyl (C=O) groups excluding carboxylic acids is 1. The Kier molecular flexibility index (Phi) is 6.66. The average Bonchev–Trinajstić information content (AvgIpc) is 2.59. The summed E-state index contributed by atoms with van der Waals surface area (Å²) in [7, 11) is 1.73. The van der Waals surface area contributed by atoms with E-state index in [2.05, 4.69) is 16.3 Å². The summed E-state index contributed by atoms with van der Waals surface area (Å²) < 4.78 is 5.11. The maximum absolute atomic E-state index is 12.4. The van der Waals surface area contributed by atoms with Crippen molar-refractivity contribution in [3.8, 4) is 6.07 Å². The lowest BCUT2D eigenvalue weighted by Gasteiger charge is -2.33. The monoisotopic (exact) mass is 307 g/mol. The van der Waals surface area contributed by atoms with Crippen molar-refractivity contribution < 1.29 is 9.53 Å². The minimum atomic E-state index is -0.753. The summed E-state index contributed by atoms with van der Waals surface area (Å²) in [5.74, 6) is 0.513. The Labute approximate surface area is 134 Å². The highest BCUT2D eigenvalue weighted by Crippen LogP contribution is 2.35. The number of hydrogen-bond acceptors (Lipinski definition) is 4. The third-order valence-corrected chi connectivity index (χ3v) is 5.23. The van der Waals surface area contributed by atoms with Gasteiger partial charge in [-0.25, -0.2) is 0 Å². The summed E-state index contributed by atoms with van der Waals surface area (Å²) in [6.07, 6.45) is 6.83. The molecule has 1 saturated heterocycles. The molecule has 0 bridgehead atoms. The largest absolute Gasteiger partial charge is 0.383 e. The lowest BCUT2D eigenvalue weighted by Crippen LogP contribution is -2.45. The van der Waals surface area contributed by atoms with E-state index in [-0.39, 0.29) is 5.91 Å². The van der Waals surface area contributed by atoms with Crippen LogP contribution in [0.15, 0.2) is 0 Å². The number of carbonyl (C=O) groups is 1. The Hall–Kier alpha value is -1.12. The summed E-state index contributed by atoms with van der Waals surface area (Å²) >= 11 is 0. The van der Waals surface area contributed by atoms with Crippen LogP contribution in [-0.4, -0.2) is 50.7 Å². The molecule has 0 spiro atoms. The van der Waals surface area contributed by atoms with Gasteiger partial charge in [0.2, 0.25) is 5.91 Å². The number of ether oxygens (including phenoxy) is 1. The van der Waals surface area contributed by atoms with Crippen LogP contribution in [0.1, 0.15) is 44.9 Å². The molecule has 5 heteroatoms. The van der Waals surface area contributed by atoms with Crippen LogP contribution in [0, 0.1) is 22.7 Å². The summed E-state index contributed by atoms with van der Waals surface area (Å²) in [6.45, 7) is 4.65. The fraction of sp³-hybridized carbons (Fsp3) is 0.882. The van der Waals surface area contributed by atoms with E-state index in [1.54, 1.807) is 7.11 Å². The molecule has 0 atom stereocenters. The van der Waals surface area contributed by atoms with Crippen LogP contribution in [0.25, 0.3) is 0 Å². The Bertz CT molecular complexity index is 391. The normalized spacial score (nSPS) is 22.9. The molecular formula is C17H29N3O2. The van der Waals surface area contributed by atoms with Gasteiger partial charge >= 0.3 is 0 Å².